The van der Waals surface area contributed by atoms with Crippen LogP contribution in [-0.2, 0) is 4.79 Å². The summed E-state index contributed by atoms with van der Waals surface area (Å²) in [7, 11) is 0. The molecule has 0 bridgehead atoms. The van der Waals surface area contributed by atoms with Gasteiger partial charge in [0.25, 0.3) is 0 Å². The van der Waals surface area contributed by atoms with Crippen LogP contribution in [0.1, 0.15) is 13.3 Å². The van der Waals surface area contributed by atoms with E-state index in [4.69, 9.17) is 4.99 Å². The molecule has 9 nitrogen and oxygen atoms in total. The van der Waals surface area contributed by atoms with E-state index in [1.807, 2.05) is 41.3 Å². The number of anilines is 2. The van der Waals surface area contributed by atoms with Crippen molar-refractivity contribution in [3.63, 3.8) is 0 Å². The van der Waals surface area contributed by atoms with Gasteiger partial charge in [-0.2, -0.15) is 0 Å². The van der Waals surface area contributed by atoms with Crippen LogP contribution in [-0.4, -0.2) is 85.1 Å². The number of hydrogen-bond acceptors (Lipinski definition) is 6. The van der Waals surface area contributed by atoms with Crippen LogP contribution >= 0.6 is 0 Å². The van der Waals surface area contributed by atoms with Crippen LogP contribution in [0.4, 0.5) is 11.6 Å². The molecule has 1 amide bonds. The van der Waals surface area contributed by atoms with E-state index in [2.05, 4.69) is 37.3 Å². The van der Waals surface area contributed by atoms with E-state index in [1.54, 1.807) is 12.4 Å². The van der Waals surface area contributed by atoms with Crippen molar-refractivity contribution in [1.82, 2.24) is 25.5 Å². The number of amides is 1. The van der Waals surface area contributed by atoms with Gasteiger partial charge >= 0.3 is 0 Å². The van der Waals surface area contributed by atoms with Crippen LogP contribution in [0, 0.1) is 0 Å². The molecule has 0 saturated carbocycles. The van der Waals surface area contributed by atoms with Gasteiger partial charge in [-0.15, -0.1) is 0 Å². The first-order valence-corrected chi connectivity index (χ1v) is 11.4. The summed E-state index contributed by atoms with van der Waals surface area (Å²) in [5, 5.41) is 6.76. The topological polar surface area (TPSA) is 89.0 Å². The van der Waals surface area contributed by atoms with Crippen LogP contribution in [0.3, 0.4) is 0 Å². The van der Waals surface area contributed by atoms with Crippen molar-refractivity contribution in [2.45, 2.75) is 19.4 Å². The maximum atomic E-state index is 12.5. The zero-order valence-corrected chi connectivity index (χ0v) is 18.7. The standard InChI is InChI=1S/C23H32N8O/c1-2-24-22(28-19-17-21(32)31(18-19)20-7-4-3-5-8-20)25-11-12-29-13-15-30(16-14-29)23-26-9-6-10-27-23/h3-10,19H,2,11-18H2,1H3,(H2,24,25,28). The second-order valence-corrected chi connectivity index (χ2v) is 8.02. The lowest BCUT2D eigenvalue weighted by Gasteiger charge is -2.34. The normalized spacial score (nSPS) is 20.0. The molecule has 170 valence electrons. The molecule has 3 heterocycles. The van der Waals surface area contributed by atoms with Gasteiger partial charge in [0.15, 0.2) is 5.96 Å². The lowest BCUT2D eigenvalue weighted by Crippen LogP contribution is -2.48. The van der Waals surface area contributed by atoms with Crippen LogP contribution in [0.25, 0.3) is 0 Å². The Morgan fingerprint density at radius 1 is 1.09 bits per heavy atom. The van der Waals surface area contributed by atoms with Crippen molar-refractivity contribution in [2.24, 2.45) is 4.99 Å². The van der Waals surface area contributed by atoms with E-state index in [9.17, 15) is 4.79 Å². The number of para-hydroxylation sites is 1. The second-order valence-electron chi connectivity index (χ2n) is 8.02. The number of carbonyl (C=O) groups excluding carboxylic acids is 1. The van der Waals surface area contributed by atoms with Gasteiger partial charge in [0, 0.05) is 70.3 Å². The SMILES string of the molecule is CCNC(=NCCN1CCN(c2ncccn2)CC1)NC1CC(=O)N(c2ccccc2)C1. The number of aromatic nitrogens is 2. The van der Waals surface area contributed by atoms with Gasteiger partial charge in [-0.1, -0.05) is 18.2 Å². The summed E-state index contributed by atoms with van der Waals surface area (Å²) in [6.07, 6.45) is 4.05. The van der Waals surface area contributed by atoms with E-state index in [-0.39, 0.29) is 11.9 Å². The maximum Gasteiger partial charge on any atom is 0.229 e. The molecule has 2 aliphatic heterocycles. The average Bonchev–Trinajstić information content (AvgIpc) is 3.20. The Balaban J connectivity index is 1.24. The summed E-state index contributed by atoms with van der Waals surface area (Å²) >= 11 is 0. The molecule has 2 fully saturated rings. The molecule has 0 radical (unpaired) electrons. The summed E-state index contributed by atoms with van der Waals surface area (Å²) in [5.41, 5.74) is 0.948. The second kappa shape index (κ2) is 10.9. The summed E-state index contributed by atoms with van der Waals surface area (Å²) in [5.74, 6) is 1.72. The highest BCUT2D eigenvalue weighted by Crippen LogP contribution is 2.21. The zero-order valence-electron chi connectivity index (χ0n) is 18.7. The Labute approximate surface area is 189 Å². The fourth-order valence-corrected chi connectivity index (χ4v) is 4.10. The van der Waals surface area contributed by atoms with E-state index >= 15 is 0 Å². The molecular weight excluding hydrogens is 404 g/mol. The summed E-state index contributed by atoms with van der Waals surface area (Å²) in [6.45, 7) is 8.89. The van der Waals surface area contributed by atoms with Gasteiger partial charge in [0.05, 0.1) is 12.6 Å². The molecule has 0 aliphatic carbocycles. The molecule has 1 aromatic carbocycles. The molecule has 2 aliphatic rings. The fraction of sp³-hybridized carbons (Fsp3) is 0.478. The predicted octanol–water partition coefficient (Wildman–Crippen LogP) is 0.959. The van der Waals surface area contributed by atoms with Crippen molar-refractivity contribution in [3.8, 4) is 0 Å². The molecule has 2 aromatic rings. The lowest BCUT2D eigenvalue weighted by atomic mass is 10.2. The predicted molar refractivity (Wildman–Crippen MR) is 127 cm³/mol. The minimum atomic E-state index is 0.0509. The maximum absolute atomic E-state index is 12.5. The van der Waals surface area contributed by atoms with Gasteiger partial charge in [0.1, 0.15) is 0 Å². The lowest BCUT2D eigenvalue weighted by molar-refractivity contribution is -0.117. The molecule has 1 aromatic heterocycles. The Hall–Kier alpha value is -3.20. The van der Waals surface area contributed by atoms with Gasteiger partial charge in [-0.05, 0) is 25.1 Å². The van der Waals surface area contributed by atoms with Crippen LogP contribution in [0.2, 0.25) is 0 Å². The number of aliphatic imine (C=N–C) groups is 1. The quantitative estimate of drug-likeness (QED) is 0.494. The molecule has 1 atom stereocenters. The number of guanidine groups is 1. The monoisotopic (exact) mass is 436 g/mol. The molecule has 1 unspecified atom stereocenters. The van der Waals surface area contributed by atoms with Crippen molar-refractivity contribution >= 4 is 23.5 Å². The average molecular weight is 437 g/mol. The third-order valence-electron chi connectivity index (χ3n) is 5.77. The summed E-state index contributed by atoms with van der Waals surface area (Å²) in [4.78, 5) is 32.4. The van der Waals surface area contributed by atoms with Gasteiger partial charge in [-0.3, -0.25) is 14.7 Å². The molecular formula is C23H32N8O. The zero-order chi connectivity index (χ0) is 22.2. The third-order valence-corrected chi connectivity index (χ3v) is 5.77. The number of nitrogens with zero attached hydrogens (tertiary/aromatic N) is 6. The Morgan fingerprint density at radius 3 is 2.56 bits per heavy atom. The number of rotatable bonds is 7. The smallest absolute Gasteiger partial charge is 0.229 e. The first-order valence-electron chi connectivity index (χ1n) is 11.4. The largest absolute Gasteiger partial charge is 0.357 e. The number of piperazine rings is 1. The van der Waals surface area contributed by atoms with Crippen molar-refractivity contribution in [3.05, 3.63) is 48.8 Å². The van der Waals surface area contributed by atoms with E-state index < -0.39 is 0 Å². The molecule has 4 rings (SSSR count). The van der Waals surface area contributed by atoms with E-state index in [1.165, 1.54) is 0 Å². The minimum absolute atomic E-state index is 0.0509. The summed E-state index contributed by atoms with van der Waals surface area (Å²) < 4.78 is 0. The molecule has 0 spiro atoms. The Kier molecular flexibility index (Phi) is 7.50. The molecule has 32 heavy (non-hydrogen) atoms. The molecule has 9 heteroatoms. The van der Waals surface area contributed by atoms with Crippen LogP contribution in [0.5, 0.6) is 0 Å². The fourth-order valence-electron chi connectivity index (χ4n) is 4.10. The molecule has 2 N–H and O–H groups in total. The Morgan fingerprint density at radius 2 is 1.84 bits per heavy atom. The van der Waals surface area contributed by atoms with Crippen LogP contribution in [0.15, 0.2) is 53.8 Å². The van der Waals surface area contributed by atoms with Crippen LogP contribution < -0.4 is 20.4 Å². The van der Waals surface area contributed by atoms with Crippen molar-refractivity contribution in [2.75, 3.05) is 62.2 Å². The van der Waals surface area contributed by atoms with E-state index in [0.717, 1.165) is 56.9 Å². The number of hydrogen-bond donors (Lipinski definition) is 2. The van der Waals surface area contributed by atoms with Gasteiger partial charge in [0.2, 0.25) is 11.9 Å². The number of carbonyl (C=O) groups is 1. The van der Waals surface area contributed by atoms with Crippen molar-refractivity contribution in [1.29, 1.82) is 0 Å². The highest BCUT2D eigenvalue weighted by molar-refractivity contribution is 5.97. The highest BCUT2D eigenvalue weighted by atomic mass is 16.2. The first kappa shape index (κ1) is 22.0. The van der Waals surface area contributed by atoms with Gasteiger partial charge < -0.3 is 20.4 Å². The first-order chi connectivity index (χ1) is 15.7. The number of nitrogens with one attached hydrogen (secondary N) is 2. The summed E-state index contributed by atoms with van der Waals surface area (Å²) in [6, 6.07) is 11.7. The van der Waals surface area contributed by atoms with E-state index in [0.29, 0.717) is 19.5 Å². The highest BCUT2D eigenvalue weighted by Gasteiger charge is 2.31. The Bertz CT molecular complexity index is 883. The third kappa shape index (κ3) is 5.73. The minimum Gasteiger partial charge on any atom is -0.357 e. The molecule has 2 saturated heterocycles. The van der Waals surface area contributed by atoms with Crippen molar-refractivity contribution < 1.29 is 4.79 Å². The number of benzene rings is 1. The van der Waals surface area contributed by atoms with Gasteiger partial charge in [-0.25, -0.2) is 9.97 Å².